The van der Waals surface area contributed by atoms with Gasteiger partial charge in [-0.2, -0.15) is 0 Å². The second-order valence-electron chi connectivity index (χ2n) is 5.87. The number of amides is 1. The van der Waals surface area contributed by atoms with E-state index in [-0.39, 0.29) is 12.5 Å². The highest BCUT2D eigenvalue weighted by atomic mass is 16.4. The van der Waals surface area contributed by atoms with Crippen LogP contribution in [0.1, 0.15) is 20.3 Å². The molecule has 2 N–H and O–H groups in total. The fourth-order valence-corrected chi connectivity index (χ4v) is 2.38. The van der Waals surface area contributed by atoms with Gasteiger partial charge in [-0.15, -0.1) is 0 Å². The molecular weight excluding hydrogens is 322 g/mol. The van der Waals surface area contributed by atoms with E-state index in [9.17, 15) is 19.5 Å². The van der Waals surface area contributed by atoms with Crippen LogP contribution in [0.15, 0.2) is 47.5 Å². The van der Waals surface area contributed by atoms with Gasteiger partial charge in [0.15, 0.2) is 0 Å². The number of aliphatic carboxylic acids is 1. The third-order valence-electron chi connectivity index (χ3n) is 4.05. The molecular formula is C18H21N3O4. The van der Waals surface area contributed by atoms with Crippen LogP contribution in [0.3, 0.4) is 0 Å². The van der Waals surface area contributed by atoms with Crippen molar-refractivity contribution in [1.29, 1.82) is 0 Å². The first-order chi connectivity index (χ1) is 11.9. The van der Waals surface area contributed by atoms with Crippen molar-refractivity contribution in [3.63, 3.8) is 0 Å². The maximum absolute atomic E-state index is 12.2. The van der Waals surface area contributed by atoms with Crippen molar-refractivity contribution < 1.29 is 14.7 Å². The number of carbonyl (C=O) groups is 2. The Balaban J connectivity index is 2.18. The minimum atomic E-state index is -1.09. The Labute approximate surface area is 145 Å². The van der Waals surface area contributed by atoms with Crippen LogP contribution in [0.25, 0.3) is 11.3 Å². The SMILES string of the molecule is CC[C@@H](C)[C@H](NC(=O)Cn1cc(-c2ccccc2)ncc1=O)C(=O)O. The molecule has 25 heavy (non-hydrogen) atoms. The smallest absolute Gasteiger partial charge is 0.326 e. The van der Waals surface area contributed by atoms with Crippen molar-refractivity contribution in [2.45, 2.75) is 32.9 Å². The van der Waals surface area contributed by atoms with Crippen LogP contribution >= 0.6 is 0 Å². The molecule has 1 aromatic carbocycles. The molecule has 0 spiro atoms. The van der Waals surface area contributed by atoms with E-state index in [1.54, 1.807) is 6.92 Å². The van der Waals surface area contributed by atoms with E-state index in [2.05, 4.69) is 10.3 Å². The molecule has 0 bridgehead atoms. The van der Waals surface area contributed by atoms with Crippen LogP contribution < -0.4 is 10.9 Å². The largest absolute Gasteiger partial charge is 0.480 e. The third kappa shape index (κ3) is 4.76. The number of carboxylic acids is 1. The van der Waals surface area contributed by atoms with Crippen molar-refractivity contribution >= 4 is 11.9 Å². The van der Waals surface area contributed by atoms with Gasteiger partial charge in [0.2, 0.25) is 5.91 Å². The summed E-state index contributed by atoms with van der Waals surface area (Å²) >= 11 is 0. The van der Waals surface area contributed by atoms with Gasteiger partial charge in [-0.25, -0.2) is 9.78 Å². The molecule has 0 aliphatic rings. The lowest BCUT2D eigenvalue weighted by atomic mass is 9.99. The molecule has 1 aromatic heterocycles. The highest BCUT2D eigenvalue weighted by Gasteiger charge is 2.25. The van der Waals surface area contributed by atoms with E-state index >= 15 is 0 Å². The number of aromatic nitrogens is 2. The molecule has 0 saturated carbocycles. The predicted octanol–water partition coefficient (Wildman–Crippen LogP) is 1.53. The van der Waals surface area contributed by atoms with Crippen molar-refractivity contribution in [3.8, 4) is 11.3 Å². The molecule has 0 radical (unpaired) electrons. The van der Waals surface area contributed by atoms with Crippen LogP contribution in [0.2, 0.25) is 0 Å². The van der Waals surface area contributed by atoms with Gasteiger partial charge in [0.1, 0.15) is 12.6 Å². The minimum Gasteiger partial charge on any atom is -0.480 e. The van der Waals surface area contributed by atoms with E-state index in [4.69, 9.17) is 0 Å². The average Bonchev–Trinajstić information content (AvgIpc) is 2.61. The first-order valence-corrected chi connectivity index (χ1v) is 8.06. The minimum absolute atomic E-state index is 0.213. The Kier molecular flexibility index (Phi) is 6.05. The van der Waals surface area contributed by atoms with Crippen LogP contribution in [0.4, 0.5) is 0 Å². The Morgan fingerprint density at radius 1 is 1.28 bits per heavy atom. The van der Waals surface area contributed by atoms with Gasteiger partial charge in [-0.1, -0.05) is 50.6 Å². The first kappa shape index (κ1) is 18.4. The first-order valence-electron chi connectivity index (χ1n) is 8.06. The van der Waals surface area contributed by atoms with Crippen molar-refractivity contribution in [2.24, 2.45) is 5.92 Å². The quantitative estimate of drug-likeness (QED) is 0.794. The third-order valence-corrected chi connectivity index (χ3v) is 4.05. The number of carboxylic acid groups (broad SMARTS) is 1. The summed E-state index contributed by atoms with van der Waals surface area (Å²) in [5, 5.41) is 11.7. The molecule has 0 fully saturated rings. The molecule has 0 aliphatic carbocycles. The number of nitrogens with one attached hydrogen (secondary N) is 1. The molecule has 2 atom stereocenters. The van der Waals surface area contributed by atoms with E-state index in [1.165, 1.54) is 10.8 Å². The van der Waals surface area contributed by atoms with Crippen molar-refractivity contribution in [2.75, 3.05) is 0 Å². The van der Waals surface area contributed by atoms with Crippen LogP contribution in [-0.4, -0.2) is 32.6 Å². The lowest BCUT2D eigenvalue weighted by molar-refractivity contribution is -0.143. The molecule has 0 unspecified atom stereocenters. The number of nitrogens with zero attached hydrogens (tertiary/aromatic N) is 2. The number of hydrogen-bond donors (Lipinski definition) is 2. The monoisotopic (exact) mass is 343 g/mol. The summed E-state index contributed by atoms with van der Waals surface area (Å²) in [6.45, 7) is 3.35. The maximum Gasteiger partial charge on any atom is 0.326 e. The molecule has 1 amide bonds. The predicted molar refractivity (Wildman–Crippen MR) is 93.0 cm³/mol. The number of benzene rings is 1. The summed E-state index contributed by atoms with van der Waals surface area (Å²) in [7, 11) is 0. The highest BCUT2D eigenvalue weighted by molar-refractivity contribution is 5.83. The fourth-order valence-electron chi connectivity index (χ4n) is 2.38. The van der Waals surface area contributed by atoms with Crippen LogP contribution in [0.5, 0.6) is 0 Å². The second-order valence-corrected chi connectivity index (χ2v) is 5.87. The van der Waals surface area contributed by atoms with E-state index in [0.29, 0.717) is 12.1 Å². The summed E-state index contributed by atoms with van der Waals surface area (Å²) in [6.07, 6.45) is 3.26. The number of carbonyl (C=O) groups excluding carboxylic acids is 1. The highest BCUT2D eigenvalue weighted by Crippen LogP contribution is 2.14. The van der Waals surface area contributed by atoms with Crippen LogP contribution in [0, 0.1) is 5.92 Å². The topological polar surface area (TPSA) is 101 Å². The van der Waals surface area contributed by atoms with Crippen molar-refractivity contribution in [1.82, 2.24) is 14.9 Å². The summed E-state index contributed by atoms with van der Waals surface area (Å²) in [5.74, 6) is -1.83. The lowest BCUT2D eigenvalue weighted by Gasteiger charge is -2.20. The van der Waals surface area contributed by atoms with Gasteiger partial charge in [0, 0.05) is 11.8 Å². The second kappa shape index (κ2) is 8.23. The van der Waals surface area contributed by atoms with Crippen LogP contribution in [-0.2, 0) is 16.1 Å². The molecule has 2 rings (SSSR count). The standard InChI is InChI=1S/C18H21N3O4/c1-3-12(2)17(18(24)25)20-15(22)11-21-10-14(19-9-16(21)23)13-7-5-4-6-8-13/h4-10,12,17H,3,11H2,1-2H3,(H,20,22)(H,24,25)/t12-,17+/m1/s1. The molecule has 1 heterocycles. The number of rotatable bonds is 7. The van der Waals surface area contributed by atoms with Crippen molar-refractivity contribution in [3.05, 3.63) is 53.1 Å². The zero-order valence-electron chi connectivity index (χ0n) is 14.2. The average molecular weight is 343 g/mol. The normalized spacial score (nSPS) is 13.0. The maximum atomic E-state index is 12.2. The zero-order chi connectivity index (χ0) is 18.4. The van der Waals surface area contributed by atoms with Gasteiger partial charge >= 0.3 is 5.97 Å². The molecule has 0 saturated heterocycles. The lowest BCUT2D eigenvalue weighted by Crippen LogP contribution is -2.46. The number of hydrogen-bond acceptors (Lipinski definition) is 4. The van der Waals surface area contributed by atoms with E-state index < -0.39 is 23.5 Å². The van der Waals surface area contributed by atoms with Gasteiger partial charge in [-0.05, 0) is 5.92 Å². The van der Waals surface area contributed by atoms with Gasteiger partial charge in [0.05, 0.1) is 11.9 Å². The van der Waals surface area contributed by atoms with Gasteiger partial charge in [-0.3, -0.25) is 9.59 Å². The molecule has 7 heteroatoms. The Bertz CT molecular complexity index is 801. The Hall–Kier alpha value is -2.96. The summed E-state index contributed by atoms with van der Waals surface area (Å²) in [5.41, 5.74) is 0.953. The molecule has 0 aliphatic heterocycles. The summed E-state index contributed by atoms with van der Waals surface area (Å²) < 4.78 is 1.22. The van der Waals surface area contributed by atoms with E-state index in [1.807, 2.05) is 37.3 Å². The summed E-state index contributed by atoms with van der Waals surface area (Å²) in [4.78, 5) is 39.5. The van der Waals surface area contributed by atoms with Gasteiger partial charge in [0.25, 0.3) is 5.56 Å². The fraction of sp³-hybridized carbons (Fsp3) is 0.333. The molecule has 2 aromatic rings. The Morgan fingerprint density at radius 2 is 1.96 bits per heavy atom. The van der Waals surface area contributed by atoms with Gasteiger partial charge < -0.3 is 15.0 Å². The molecule has 132 valence electrons. The zero-order valence-corrected chi connectivity index (χ0v) is 14.2. The Morgan fingerprint density at radius 3 is 2.56 bits per heavy atom. The van der Waals surface area contributed by atoms with E-state index in [0.717, 1.165) is 11.8 Å². The molecule has 7 nitrogen and oxygen atoms in total. The summed E-state index contributed by atoms with van der Waals surface area (Å²) in [6, 6.07) is 8.28.